The van der Waals surface area contributed by atoms with Gasteiger partial charge in [-0.1, -0.05) is 29.8 Å². The van der Waals surface area contributed by atoms with Crippen molar-refractivity contribution in [3.05, 3.63) is 52.5 Å². The molecule has 0 radical (unpaired) electrons. The van der Waals surface area contributed by atoms with Crippen LogP contribution >= 0.6 is 22.9 Å². The Hall–Kier alpha value is -2.15. The lowest BCUT2D eigenvalue weighted by molar-refractivity contribution is -0.116. The molecule has 1 fully saturated rings. The summed E-state index contributed by atoms with van der Waals surface area (Å²) < 4.78 is 6.65. The number of nitrogens with zero attached hydrogens (tertiary/aromatic N) is 2. The Balaban J connectivity index is 1.30. The first kappa shape index (κ1) is 20.1. The van der Waals surface area contributed by atoms with Crippen molar-refractivity contribution in [2.45, 2.75) is 25.7 Å². The van der Waals surface area contributed by atoms with Crippen LogP contribution in [0.5, 0.6) is 0 Å². The number of hydrogen-bond donors (Lipinski definition) is 1. The molecular formula is C22H24ClN3O2S. The highest BCUT2D eigenvalue weighted by Crippen LogP contribution is 2.34. The van der Waals surface area contributed by atoms with Crippen LogP contribution in [0.1, 0.15) is 24.3 Å². The van der Waals surface area contributed by atoms with Gasteiger partial charge in [-0.05, 0) is 43.5 Å². The summed E-state index contributed by atoms with van der Waals surface area (Å²) in [5.41, 5.74) is 2.72. The molecule has 1 N–H and O–H groups in total. The third kappa shape index (κ3) is 5.07. The van der Waals surface area contributed by atoms with Gasteiger partial charge in [-0.2, -0.15) is 0 Å². The van der Waals surface area contributed by atoms with Crippen LogP contribution in [0.2, 0.25) is 5.02 Å². The molecule has 2 heterocycles. The summed E-state index contributed by atoms with van der Waals surface area (Å²) in [5.74, 6) is 0.0195. The van der Waals surface area contributed by atoms with Crippen LogP contribution in [-0.4, -0.2) is 37.2 Å². The van der Waals surface area contributed by atoms with Gasteiger partial charge in [0.25, 0.3) is 0 Å². The van der Waals surface area contributed by atoms with Crippen molar-refractivity contribution in [1.82, 2.24) is 4.98 Å². The number of aryl methyl sites for hydroxylation is 1. The van der Waals surface area contributed by atoms with Gasteiger partial charge in [-0.25, -0.2) is 4.98 Å². The highest BCUT2D eigenvalue weighted by atomic mass is 35.5. The van der Waals surface area contributed by atoms with E-state index in [1.165, 1.54) is 4.70 Å². The van der Waals surface area contributed by atoms with Gasteiger partial charge in [0.1, 0.15) is 0 Å². The number of halogens is 1. The SMILES string of the molecule is O=C(CCCCc1nc2ccccc2s1)Nc1cccc(Cl)c1N1CCOCC1. The minimum Gasteiger partial charge on any atom is -0.378 e. The summed E-state index contributed by atoms with van der Waals surface area (Å²) in [5, 5.41) is 4.84. The van der Waals surface area contributed by atoms with E-state index in [-0.39, 0.29) is 5.91 Å². The fourth-order valence-corrected chi connectivity index (χ4v) is 4.83. The summed E-state index contributed by atoms with van der Waals surface area (Å²) in [6.07, 6.45) is 3.16. The Morgan fingerprint density at radius 3 is 2.79 bits per heavy atom. The number of aromatic nitrogens is 1. The second kappa shape index (κ2) is 9.57. The smallest absolute Gasteiger partial charge is 0.224 e. The molecule has 0 atom stereocenters. The number of ether oxygens (including phenoxy) is 1. The summed E-state index contributed by atoms with van der Waals surface area (Å²) in [4.78, 5) is 19.3. The molecule has 3 aromatic rings. The van der Waals surface area contributed by atoms with Crippen LogP contribution in [0.15, 0.2) is 42.5 Å². The molecule has 2 aromatic carbocycles. The fourth-order valence-electron chi connectivity index (χ4n) is 3.53. The molecule has 0 bridgehead atoms. The molecule has 7 heteroatoms. The van der Waals surface area contributed by atoms with Crippen molar-refractivity contribution in [3.8, 4) is 0 Å². The Kier molecular flexibility index (Phi) is 6.64. The summed E-state index contributed by atoms with van der Waals surface area (Å²) >= 11 is 8.17. The monoisotopic (exact) mass is 429 g/mol. The van der Waals surface area contributed by atoms with Gasteiger partial charge in [0.2, 0.25) is 5.91 Å². The number of hydrogen-bond acceptors (Lipinski definition) is 5. The van der Waals surface area contributed by atoms with Crippen molar-refractivity contribution < 1.29 is 9.53 Å². The second-order valence-electron chi connectivity index (χ2n) is 7.07. The van der Waals surface area contributed by atoms with Crippen molar-refractivity contribution in [3.63, 3.8) is 0 Å². The van der Waals surface area contributed by atoms with Crippen LogP contribution < -0.4 is 10.2 Å². The number of morpholine rings is 1. The maximum atomic E-state index is 12.5. The number of thiazole rings is 1. The molecule has 29 heavy (non-hydrogen) atoms. The Bertz CT molecular complexity index is 952. The number of para-hydroxylation sites is 2. The molecule has 0 spiro atoms. The molecule has 1 saturated heterocycles. The van der Waals surface area contributed by atoms with Crippen molar-refractivity contribution >= 4 is 50.4 Å². The van der Waals surface area contributed by atoms with Crippen molar-refractivity contribution in [2.24, 2.45) is 0 Å². The average molecular weight is 430 g/mol. The zero-order chi connectivity index (χ0) is 20.1. The maximum absolute atomic E-state index is 12.5. The molecule has 5 nitrogen and oxygen atoms in total. The molecule has 1 aliphatic rings. The van der Waals surface area contributed by atoms with Crippen LogP contribution in [0.3, 0.4) is 0 Å². The predicted molar refractivity (Wildman–Crippen MR) is 120 cm³/mol. The van der Waals surface area contributed by atoms with E-state index in [0.29, 0.717) is 24.7 Å². The third-order valence-corrected chi connectivity index (χ3v) is 6.37. The number of unbranched alkanes of at least 4 members (excludes halogenated alkanes) is 1. The highest BCUT2D eigenvalue weighted by molar-refractivity contribution is 7.18. The molecular weight excluding hydrogens is 406 g/mol. The van der Waals surface area contributed by atoms with Crippen LogP contribution in [-0.2, 0) is 16.0 Å². The van der Waals surface area contributed by atoms with Gasteiger partial charge < -0.3 is 15.0 Å². The largest absolute Gasteiger partial charge is 0.378 e. The Morgan fingerprint density at radius 1 is 1.14 bits per heavy atom. The lowest BCUT2D eigenvalue weighted by Gasteiger charge is -2.31. The lowest BCUT2D eigenvalue weighted by atomic mass is 10.1. The van der Waals surface area contributed by atoms with E-state index in [4.69, 9.17) is 16.3 Å². The number of carbonyl (C=O) groups excluding carboxylic acids is 1. The number of carbonyl (C=O) groups is 1. The van der Waals surface area contributed by atoms with E-state index in [9.17, 15) is 4.79 Å². The van der Waals surface area contributed by atoms with Crippen LogP contribution in [0, 0.1) is 0 Å². The van der Waals surface area contributed by atoms with Crippen LogP contribution in [0.25, 0.3) is 10.2 Å². The van der Waals surface area contributed by atoms with Gasteiger partial charge in [0.05, 0.1) is 44.8 Å². The number of anilines is 2. The maximum Gasteiger partial charge on any atom is 0.224 e. The minimum absolute atomic E-state index is 0.0195. The molecule has 1 aromatic heterocycles. The number of nitrogens with one attached hydrogen (secondary N) is 1. The molecule has 0 unspecified atom stereocenters. The second-order valence-corrected chi connectivity index (χ2v) is 8.59. The first-order valence-corrected chi connectivity index (χ1v) is 11.2. The van der Waals surface area contributed by atoms with Gasteiger partial charge >= 0.3 is 0 Å². The number of amides is 1. The van der Waals surface area contributed by atoms with Crippen molar-refractivity contribution in [2.75, 3.05) is 36.5 Å². The fraction of sp³-hybridized carbons (Fsp3) is 0.364. The first-order chi connectivity index (χ1) is 14.2. The lowest BCUT2D eigenvalue weighted by Crippen LogP contribution is -2.37. The van der Waals surface area contributed by atoms with E-state index in [1.54, 1.807) is 11.3 Å². The Labute approximate surface area is 179 Å². The predicted octanol–water partition coefficient (Wildman–Crippen LogP) is 5.14. The van der Waals surface area contributed by atoms with Gasteiger partial charge in [-0.15, -0.1) is 11.3 Å². The molecule has 0 aliphatic carbocycles. The summed E-state index contributed by atoms with van der Waals surface area (Å²) in [7, 11) is 0. The van der Waals surface area contributed by atoms with E-state index in [2.05, 4.69) is 21.3 Å². The molecule has 4 rings (SSSR count). The zero-order valence-corrected chi connectivity index (χ0v) is 17.8. The minimum atomic E-state index is 0.0195. The zero-order valence-electron chi connectivity index (χ0n) is 16.2. The summed E-state index contributed by atoms with van der Waals surface area (Å²) in [6, 6.07) is 13.8. The standard InChI is InChI=1S/C22H24ClN3O2S/c23-16-6-5-8-18(22(16)26-12-14-28-15-13-26)24-20(27)10-3-4-11-21-25-17-7-1-2-9-19(17)29-21/h1-2,5-9H,3-4,10-15H2,(H,24,27). The van der Waals surface area contributed by atoms with Gasteiger partial charge in [0, 0.05) is 19.5 Å². The van der Waals surface area contributed by atoms with Crippen LogP contribution in [0.4, 0.5) is 11.4 Å². The first-order valence-electron chi connectivity index (χ1n) is 9.96. The van der Waals surface area contributed by atoms with E-state index >= 15 is 0 Å². The molecule has 0 saturated carbocycles. The average Bonchev–Trinajstić information content (AvgIpc) is 3.15. The quantitative estimate of drug-likeness (QED) is 0.528. The van der Waals surface area contributed by atoms with Gasteiger partial charge in [0.15, 0.2) is 0 Å². The molecule has 1 aliphatic heterocycles. The molecule has 152 valence electrons. The highest BCUT2D eigenvalue weighted by Gasteiger charge is 2.19. The van der Waals surface area contributed by atoms with E-state index in [0.717, 1.165) is 54.3 Å². The normalized spacial score (nSPS) is 14.3. The van der Waals surface area contributed by atoms with Crippen molar-refractivity contribution in [1.29, 1.82) is 0 Å². The topological polar surface area (TPSA) is 54.5 Å². The number of benzene rings is 2. The van der Waals surface area contributed by atoms with Gasteiger partial charge in [-0.3, -0.25) is 4.79 Å². The number of fused-ring (bicyclic) bond motifs is 1. The summed E-state index contributed by atoms with van der Waals surface area (Å²) in [6.45, 7) is 2.89. The Morgan fingerprint density at radius 2 is 1.97 bits per heavy atom. The van der Waals surface area contributed by atoms with E-state index in [1.807, 2.05) is 36.4 Å². The number of rotatable bonds is 7. The third-order valence-electron chi connectivity index (χ3n) is 4.97. The van der Waals surface area contributed by atoms with E-state index < -0.39 is 0 Å². The molecule has 1 amide bonds.